The molecule has 0 saturated carbocycles. The summed E-state index contributed by atoms with van der Waals surface area (Å²) >= 11 is -2.70. The van der Waals surface area contributed by atoms with Gasteiger partial charge in [-0.3, -0.25) is 4.21 Å². The first kappa shape index (κ1) is 14.1. The number of nitrogens with one attached hydrogen (secondary N) is 1. The molecule has 1 rings (SSSR count). The summed E-state index contributed by atoms with van der Waals surface area (Å²) in [5.41, 5.74) is 0.653. The van der Waals surface area contributed by atoms with Gasteiger partial charge in [0.25, 0.3) is 0 Å². The van der Waals surface area contributed by atoms with Gasteiger partial charge in [-0.1, -0.05) is 30.3 Å². The Hall–Kier alpha value is -0.920. The molecule has 0 amide bonds. The molecule has 2 unspecified atom stereocenters. The van der Waals surface area contributed by atoms with E-state index in [1.54, 1.807) is 30.3 Å². The number of benzene rings is 1. The Morgan fingerprint density at radius 2 is 1.88 bits per heavy atom. The average Bonchev–Trinajstić information content (AvgIpc) is 2.15. The lowest BCUT2D eigenvalue weighted by Crippen LogP contribution is -2.36. The van der Waals surface area contributed by atoms with E-state index in [2.05, 4.69) is 0 Å². The fourth-order valence-corrected chi connectivity index (χ4v) is 1.91. The lowest BCUT2D eigenvalue weighted by molar-refractivity contribution is -0.138. The van der Waals surface area contributed by atoms with Gasteiger partial charge < -0.3 is 4.55 Å². The van der Waals surface area contributed by atoms with Crippen LogP contribution in [0.3, 0.4) is 0 Å². The summed E-state index contributed by atoms with van der Waals surface area (Å²) in [5, 5.41) is 0. The van der Waals surface area contributed by atoms with Crippen molar-refractivity contribution in [3.63, 3.8) is 0 Å². The third kappa shape index (κ3) is 6.40. The molecule has 7 heteroatoms. The van der Waals surface area contributed by atoms with Gasteiger partial charge in [-0.15, -0.1) is 0 Å². The maximum Gasteiger partial charge on any atom is 0.390 e. The first-order chi connectivity index (χ1) is 7.87. The van der Waals surface area contributed by atoms with Crippen molar-refractivity contribution in [2.75, 3.05) is 0 Å². The zero-order valence-electron chi connectivity index (χ0n) is 8.74. The standard InChI is InChI=1S/C10H12F3NO2S/c11-10(12,13)7-9(14-17(15)16)6-8-4-2-1-3-5-8/h1-5,9,14H,6-7H2,(H,15,16)/p-1. The van der Waals surface area contributed by atoms with Gasteiger partial charge >= 0.3 is 6.18 Å². The van der Waals surface area contributed by atoms with Gasteiger partial charge in [0.1, 0.15) is 0 Å². The predicted octanol–water partition coefficient (Wildman–Crippen LogP) is 1.93. The highest BCUT2D eigenvalue weighted by Gasteiger charge is 2.31. The number of hydrogen-bond donors (Lipinski definition) is 1. The predicted molar refractivity (Wildman–Crippen MR) is 56.7 cm³/mol. The van der Waals surface area contributed by atoms with Crippen molar-refractivity contribution in [2.45, 2.75) is 25.1 Å². The van der Waals surface area contributed by atoms with Crippen LogP contribution in [0, 0.1) is 0 Å². The minimum Gasteiger partial charge on any atom is -0.760 e. The van der Waals surface area contributed by atoms with Crippen LogP contribution in [0.1, 0.15) is 12.0 Å². The summed E-state index contributed by atoms with van der Waals surface area (Å²) in [6.45, 7) is 0. The minimum atomic E-state index is -4.40. The Bertz CT molecular complexity index is 370. The molecule has 0 saturated heterocycles. The highest BCUT2D eigenvalue weighted by Crippen LogP contribution is 2.23. The number of halogens is 3. The molecule has 0 aliphatic carbocycles. The van der Waals surface area contributed by atoms with E-state index < -0.39 is 29.9 Å². The van der Waals surface area contributed by atoms with Crippen molar-refractivity contribution < 1.29 is 21.9 Å². The number of hydrogen-bond acceptors (Lipinski definition) is 2. The first-order valence-electron chi connectivity index (χ1n) is 4.83. The molecule has 1 aromatic carbocycles. The molecule has 0 radical (unpaired) electrons. The van der Waals surface area contributed by atoms with E-state index in [9.17, 15) is 21.9 Å². The molecule has 3 nitrogen and oxygen atoms in total. The summed E-state index contributed by atoms with van der Waals surface area (Å²) in [4.78, 5) is 0. The van der Waals surface area contributed by atoms with Gasteiger partial charge in [0.2, 0.25) is 0 Å². The Morgan fingerprint density at radius 3 is 2.35 bits per heavy atom. The van der Waals surface area contributed by atoms with Crippen molar-refractivity contribution in [3.8, 4) is 0 Å². The lowest BCUT2D eigenvalue weighted by atomic mass is 10.0. The Balaban J connectivity index is 2.67. The van der Waals surface area contributed by atoms with E-state index in [-0.39, 0.29) is 6.42 Å². The second-order valence-electron chi connectivity index (χ2n) is 3.56. The average molecular weight is 266 g/mol. The van der Waals surface area contributed by atoms with E-state index >= 15 is 0 Å². The van der Waals surface area contributed by atoms with E-state index in [0.29, 0.717) is 5.56 Å². The molecule has 0 fully saturated rings. The fourth-order valence-electron chi connectivity index (χ4n) is 1.47. The van der Waals surface area contributed by atoms with E-state index in [0.717, 1.165) is 0 Å². The molecular weight excluding hydrogens is 255 g/mol. The van der Waals surface area contributed by atoms with E-state index in [4.69, 9.17) is 0 Å². The lowest BCUT2D eigenvalue weighted by Gasteiger charge is -2.21. The molecule has 1 N–H and O–H groups in total. The van der Waals surface area contributed by atoms with Crippen molar-refractivity contribution in [3.05, 3.63) is 35.9 Å². The van der Waals surface area contributed by atoms with Crippen LogP contribution in [-0.2, 0) is 17.7 Å². The Morgan fingerprint density at radius 1 is 1.29 bits per heavy atom. The Labute approximate surface area is 99.5 Å². The van der Waals surface area contributed by atoms with Crippen LogP contribution in [0.15, 0.2) is 30.3 Å². The van der Waals surface area contributed by atoms with Gasteiger partial charge in [-0.05, 0) is 12.0 Å². The molecule has 1 aromatic rings. The summed E-state index contributed by atoms with van der Waals surface area (Å²) < 4.78 is 59.3. The molecule has 0 bridgehead atoms. The van der Waals surface area contributed by atoms with Crippen LogP contribution in [0.25, 0.3) is 0 Å². The van der Waals surface area contributed by atoms with Gasteiger partial charge in [-0.25, -0.2) is 4.72 Å². The normalized spacial score (nSPS) is 15.5. The summed E-state index contributed by atoms with van der Waals surface area (Å²) in [6.07, 6.45) is -5.57. The smallest absolute Gasteiger partial charge is 0.390 e. The zero-order valence-corrected chi connectivity index (χ0v) is 9.55. The maximum absolute atomic E-state index is 12.2. The number of alkyl halides is 3. The molecule has 0 spiro atoms. The summed E-state index contributed by atoms with van der Waals surface area (Å²) in [6, 6.07) is 7.25. The zero-order chi connectivity index (χ0) is 12.9. The second kappa shape index (κ2) is 6.13. The van der Waals surface area contributed by atoms with Crippen molar-refractivity contribution in [1.29, 1.82) is 0 Å². The van der Waals surface area contributed by atoms with Crippen molar-refractivity contribution in [1.82, 2.24) is 4.72 Å². The quantitative estimate of drug-likeness (QED) is 0.828. The molecule has 0 aliphatic rings. The largest absolute Gasteiger partial charge is 0.760 e. The molecule has 0 heterocycles. The van der Waals surface area contributed by atoms with Gasteiger partial charge in [0.05, 0.1) is 6.42 Å². The van der Waals surface area contributed by atoms with Gasteiger partial charge in [0, 0.05) is 17.3 Å². The van der Waals surface area contributed by atoms with E-state index in [1.807, 2.05) is 4.72 Å². The highest BCUT2D eigenvalue weighted by molar-refractivity contribution is 7.77. The third-order valence-corrected chi connectivity index (χ3v) is 2.59. The SMILES string of the molecule is O=S([O-])NC(Cc1ccccc1)CC(F)(F)F. The Kier molecular flexibility index (Phi) is 5.10. The number of rotatable bonds is 5. The topological polar surface area (TPSA) is 52.2 Å². The van der Waals surface area contributed by atoms with Gasteiger partial charge in [0.15, 0.2) is 0 Å². The van der Waals surface area contributed by atoms with Crippen molar-refractivity contribution in [2.24, 2.45) is 0 Å². The highest BCUT2D eigenvalue weighted by atomic mass is 32.2. The van der Waals surface area contributed by atoms with E-state index in [1.165, 1.54) is 0 Å². The first-order valence-corrected chi connectivity index (χ1v) is 5.90. The minimum absolute atomic E-state index is 0.00826. The molecule has 17 heavy (non-hydrogen) atoms. The second-order valence-corrected chi connectivity index (χ2v) is 4.26. The molecule has 0 aromatic heterocycles. The third-order valence-electron chi connectivity index (χ3n) is 2.07. The fraction of sp³-hybridized carbons (Fsp3) is 0.400. The molecule has 96 valence electrons. The monoisotopic (exact) mass is 266 g/mol. The van der Waals surface area contributed by atoms with Crippen LogP contribution < -0.4 is 4.72 Å². The van der Waals surface area contributed by atoms with Crippen LogP contribution >= 0.6 is 0 Å². The summed E-state index contributed by atoms with van der Waals surface area (Å²) in [5.74, 6) is 0. The summed E-state index contributed by atoms with van der Waals surface area (Å²) in [7, 11) is 0. The van der Waals surface area contributed by atoms with Crippen LogP contribution in [0.5, 0.6) is 0 Å². The van der Waals surface area contributed by atoms with Crippen LogP contribution in [0.4, 0.5) is 13.2 Å². The van der Waals surface area contributed by atoms with Crippen LogP contribution in [0.2, 0.25) is 0 Å². The van der Waals surface area contributed by atoms with Crippen molar-refractivity contribution >= 4 is 11.3 Å². The van der Waals surface area contributed by atoms with Crippen LogP contribution in [-0.4, -0.2) is 21.0 Å². The molecular formula is C10H11F3NO2S-. The van der Waals surface area contributed by atoms with Gasteiger partial charge in [-0.2, -0.15) is 13.2 Å². The molecule has 2 atom stereocenters. The maximum atomic E-state index is 12.2. The molecule has 0 aliphatic heterocycles.